The molecular weight excluding hydrogens is 1550 g/mol. The van der Waals surface area contributed by atoms with Crippen molar-refractivity contribution >= 4 is 94.0 Å². The van der Waals surface area contributed by atoms with Crippen molar-refractivity contribution in [3.05, 3.63) is 162 Å². The van der Waals surface area contributed by atoms with E-state index in [9.17, 15) is 77.6 Å². The summed E-state index contributed by atoms with van der Waals surface area (Å²) >= 11 is 0.887. The molecule has 5 aliphatic heterocycles. The second-order valence-corrected chi connectivity index (χ2v) is 30.2. The first kappa shape index (κ1) is 82.0. The van der Waals surface area contributed by atoms with E-state index in [1.54, 1.807) is 6.92 Å². The molecule has 15 atom stereocenters. The average molecular weight is 1620 g/mol. The van der Waals surface area contributed by atoms with Crippen molar-refractivity contribution in [3.8, 4) is 35.5 Å². The first-order valence-corrected chi connectivity index (χ1v) is 37.9. The van der Waals surface area contributed by atoms with Crippen LogP contribution >= 0.6 is 39.2 Å². The number of thioether (sulfide) groups is 2. The van der Waals surface area contributed by atoms with Crippen LogP contribution in [-0.4, -0.2) is 191 Å². The van der Waals surface area contributed by atoms with Crippen molar-refractivity contribution in [2.75, 3.05) is 73.1 Å². The molecule has 0 saturated carbocycles. The second-order valence-electron chi connectivity index (χ2n) is 24.8. The minimum Gasteiger partial charge on any atom is -0.390 e. The fraction of sp³-hybridized carbons (Fsp3) is 0.431. The van der Waals surface area contributed by atoms with Gasteiger partial charge in [0, 0.05) is 124 Å². The summed E-state index contributed by atoms with van der Waals surface area (Å²) < 4.78 is 97.3. The molecular formula is C65H69N15O27P2S2. The number of aliphatic hydroxyl groups excluding tert-OH is 1. The molecule has 0 aliphatic carbocycles. The number of aromatic amines is 2. The Balaban J connectivity index is 0.829. The monoisotopic (exact) mass is 1620 g/mol. The molecule has 6 aromatic rings. The molecule has 46 heteroatoms. The molecule has 0 radical (unpaired) electrons. The van der Waals surface area contributed by atoms with Crippen molar-refractivity contribution in [2.24, 2.45) is 5.73 Å². The third-order valence-corrected chi connectivity index (χ3v) is 22.1. The average Bonchev–Trinajstić information content (AvgIpc) is 1.63. The zero-order valence-corrected chi connectivity index (χ0v) is 62.3. The Hall–Kier alpha value is -9.95. The number of amides is 3. The molecule has 0 spiro atoms. The normalized spacial score (nSPS) is 24.0. The Labute approximate surface area is 634 Å². The lowest BCUT2D eigenvalue weighted by Crippen LogP contribution is -2.49. The van der Waals surface area contributed by atoms with E-state index in [4.69, 9.17) is 62.3 Å². The van der Waals surface area contributed by atoms with Gasteiger partial charge in [-0.05, 0) is 38.1 Å². The Bertz CT molecular complexity index is 5240. The predicted octanol–water partition coefficient (Wildman–Crippen LogP) is 1.77. The number of anilines is 1. The van der Waals surface area contributed by atoms with Crippen LogP contribution < -0.4 is 55.2 Å². The zero-order chi connectivity index (χ0) is 79.8. The summed E-state index contributed by atoms with van der Waals surface area (Å²) in [5, 5.41) is 45.0. The number of nitrogens with one attached hydrogen (secondary N) is 6. The summed E-state index contributed by atoms with van der Waals surface area (Å²) in [7, 11) is -6.56. The number of hydrogen-bond donors (Lipinski definition) is 9. The van der Waals surface area contributed by atoms with Crippen LogP contribution in [0.2, 0.25) is 0 Å². The van der Waals surface area contributed by atoms with Crippen LogP contribution in [0, 0.1) is 55.8 Å². The van der Waals surface area contributed by atoms with E-state index in [2.05, 4.69) is 76.7 Å². The maximum absolute atomic E-state index is 14.9. The van der Waals surface area contributed by atoms with Gasteiger partial charge in [0.15, 0.2) is 0 Å². The Morgan fingerprint density at radius 2 is 1.23 bits per heavy atom. The van der Waals surface area contributed by atoms with Crippen LogP contribution in [0.3, 0.4) is 0 Å². The fourth-order valence-electron chi connectivity index (χ4n) is 12.1. The highest BCUT2D eigenvalue weighted by Crippen LogP contribution is 2.56. The molecule has 2 aromatic carbocycles. The highest BCUT2D eigenvalue weighted by atomic mass is 32.2. The van der Waals surface area contributed by atoms with Gasteiger partial charge in [-0.3, -0.25) is 105 Å². The molecule has 9 heterocycles. The van der Waals surface area contributed by atoms with Crippen LogP contribution in [-0.2, 0) is 74.3 Å². The standard InChI is InChI=1S/C65H69N15O27P2S2/c1-32(73-41-23-69-64(89)110-60(41)85)39-14-10-34(17-42(39)79(91)92)8-12-36-25-76(57-55(36)56(67)71-31-72-57)52-19-44(81)48(103-52)29-100-108(95,98-4)107-46-21-54(78-27-38(59(84)75-63(78)88)13-9-35-11-15-40(43(18-35)80(93)94)33(2)102-47-24-70-65(90)111-61(47)86)105-50(46)30-101-109(96,99-5)106-45-20-53(104-49(45)28-97-3)77-26-37(58(83)74-62(77)87)7-6-16-68-51(82)22-66/h10-11,14-15,17-18,25-27,31-33,41,44-50,52-54,73,81H,16,19-24,28-30,66H2,1-5H3,(H,68,82)(H,69,89)(H,70,90)(H2,67,71,72)(H,74,83,87)(H,75,84,88)/t32?,33?,41?,44-,45-,46-,47?,48+,49+,50+,52+,53+,54+,108?,109?/m0/s1. The first-order chi connectivity index (χ1) is 53.0. The van der Waals surface area contributed by atoms with E-state index in [1.807, 2.05) is 0 Å². The molecule has 3 amide bonds. The number of carbonyl (C=O) groups is 5. The minimum absolute atomic E-state index is 0.00268. The lowest BCUT2D eigenvalue weighted by Gasteiger charge is -2.26. The number of aliphatic hydroxyl groups is 1. The van der Waals surface area contributed by atoms with E-state index in [0.29, 0.717) is 23.5 Å². The Kier molecular flexibility index (Phi) is 26.3. The van der Waals surface area contributed by atoms with Gasteiger partial charge >= 0.3 is 27.0 Å². The van der Waals surface area contributed by atoms with Crippen molar-refractivity contribution in [1.82, 2.24) is 54.9 Å². The van der Waals surface area contributed by atoms with Gasteiger partial charge in [0.05, 0.1) is 84.1 Å². The Morgan fingerprint density at radius 1 is 0.703 bits per heavy atom. The van der Waals surface area contributed by atoms with Crippen molar-refractivity contribution in [3.63, 3.8) is 0 Å². The number of benzene rings is 2. The van der Waals surface area contributed by atoms with Crippen LogP contribution in [0.1, 0.15) is 103 Å². The number of nitrogens with zero attached hydrogens (tertiary/aromatic N) is 7. The number of nitro benzene ring substituents is 2. The molecule has 5 aliphatic rings. The Morgan fingerprint density at radius 3 is 1.79 bits per heavy atom. The summed E-state index contributed by atoms with van der Waals surface area (Å²) in [5.74, 6) is 15.8. The lowest BCUT2D eigenvalue weighted by molar-refractivity contribution is -0.386. The highest BCUT2D eigenvalue weighted by Gasteiger charge is 2.48. The molecule has 111 heavy (non-hydrogen) atoms. The topological polar surface area (TPSA) is 568 Å². The lowest BCUT2D eigenvalue weighted by atomic mass is 10.0. The third-order valence-electron chi connectivity index (χ3n) is 17.6. The number of carbonyl (C=O) groups excluding carboxylic acids is 5. The molecule has 6 unspecified atom stereocenters. The maximum atomic E-state index is 14.9. The zero-order valence-electron chi connectivity index (χ0n) is 58.9. The summed E-state index contributed by atoms with van der Waals surface area (Å²) in [6.07, 6.45) is -10.3. The van der Waals surface area contributed by atoms with Crippen molar-refractivity contribution in [1.29, 1.82) is 0 Å². The number of nitro groups is 2. The quantitative estimate of drug-likeness (QED) is 0.0154. The molecule has 4 aromatic heterocycles. The van der Waals surface area contributed by atoms with E-state index in [1.165, 1.54) is 61.5 Å². The largest absolute Gasteiger partial charge is 0.474 e. The van der Waals surface area contributed by atoms with Gasteiger partial charge in [-0.25, -0.2) is 28.7 Å². The highest BCUT2D eigenvalue weighted by molar-refractivity contribution is 8.26. The van der Waals surface area contributed by atoms with Gasteiger partial charge in [-0.1, -0.05) is 35.5 Å². The number of hydrogen-bond acceptors (Lipinski definition) is 34. The number of nitrogen functional groups attached to an aromatic ring is 1. The number of phosphoric acid groups is 2. The molecule has 5 saturated heterocycles. The summed E-state index contributed by atoms with van der Waals surface area (Å²) in [4.78, 5) is 150. The van der Waals surface area contributed by atoms with Gasteiger partial charge in [-0.15, -0.1) is 0 Å². The van der Waals surface area contributed by atoms with Crippen molar-refractivity contribution in [2.45, 2.75) is 113 Å². The van der Waals surface area contributed by atoms with Gasteiger partial charge in [0.25, 0.3) is 33.0 Å². The first-order valence-electron chi connectivity index (χ1n) is 33.4. The number of H-pyrrole nitrogens is 2. The number of aromatic nitrogens is 7. The van der Waals surface area contributed by atoms with Crippen LogP contribution in [0.4, 0.5) is 26.8 Å². The SMILES string of the molecule is COC[C@H]1O[C@@H](n2cc(C#CCNC(=O)CN)c(=O)[nH]c2=O)C[C@@H]1OP(=O)(OC)OC[C@H]1O[C@@H](n2cc(C#Cc3ccc(C(C)OC4CNC(=O)SC4=O)c([N+](=O)[O-])c3)c(=O)[nH]c2=O)C[C@@H]1OP(=O)(OC)OC[C@H]1O[C@@H](n2cc(C#Cc3ccc(C(C)NC4CNC(=O)SC4=O)c([N+](=O)[O-])c3)c3c(N)ncnc32)C[C@@H]1O. The van der Waals surface area contributed by atoms with Gasteiger partial charge in [0.1, 0.15) is 84.2 Å². The smallest absolute Gasteiger partial charge is 0.390 e. The number of methoxy groups -OCH3 is 1. The molecule has 11 N–H and O–H groups in total. The number of nitrogens with two attached hydrogens (primary N) is 2. The van der Waals surface area contributed by atoms with Gasteiger partial charge in [0.2, 0.25) is 16.1 Å². The maximum Gasteiger partial charge on any atom is 0.474 e. The molecule has 0 bridgehead atoms. The number of phosphoric ester groups is 2. The van der Waals surface area contributed by atoms with E-state index in [-0.39, 0.29) is 102 Å². The van der Waals surface area contributed by atoms with E-state index >= 15 is 0 Å². The van der Waals surface area contributed by atoms with Crippen LogP contribution in [0.5, 0.6) is 0 Å². The van der Waals surface area contributed by atoms with Crippen LogP contribution in [0.25, 0.3) is 11.0 Å². The molecule has 5 fully saturated rings. The van der Waals surface area contributed by atoms with E-state index < -0.39 is 185 Å². The summed E-state index contributed by atoms with van der Waals surface area (Å²) in [6, 6.07) is 6.53. The number of rotatable bonds is 27. The second kappa shape index (κ2) is 35.6. The fourth-order valence-corrected chi connectivity index (χ4v) is 15.7. The summed E-state index contributed by atoms with van der Waals surface area (Å²) in [5.41, 5.74) is 7.29. The van der Waals surface area contributed by atoms with Gasteiger partial charge in [-0.2, -0.15) is 0 Å². The van der Waals surface area contributed by atoms with Crippen molar-refractivity contribution < 1.29 is 98.9 Å². The number of fused-ring (bicyclic) bond motifs is 1. The number of ether oxygens (including phenoxy) is 5. The van der Waals surface area contributed by atoms with Gasteiger partial charge < -0.3 is 60.8 Å². The summed E-state index contributed by atoms with van der Waals surface area (Å²) in [6.45, 7) is 0.601. The predicted molar refractivity (Wildman–Crippen MR) is 387 cm³/mol. The molecule has 42 nitrogen and oxygen atoms in total. The molecule has 588 valence electrons. The minimum atomic E-state index is -4.93. The van der Waals surface area contributed by atoms with Crippen LogP contribution in [0.15, 0.2) is 80.5 Å². The third kappa shape index (κ3) is 19.5. The van der Waals surface area contributed by atoms with E-state index in [0.717, 1.165) is 41.8 Å². The molecule has 11 rings (SSSR count).